The molecule has 0 unspecified atom stereocenters. The van der Waals surface area contributed by atoms with Crippen LogP contribution in [0.15, 0.2) is 18.3 Å². The van der Waals surface area contributed by atoms with Gasteiger partial charge in [0.05, 0.1) is 11.2 Å². The highest BCUT2D eigenvalue weighted by Gasteiger charge is 2.54. The smallest absolute Gasteiger partial charge is 0.399 e. The van der Waals surface area contributed by atoms with Gasteiger partial charge in [-0.1, -0.05) is 23.8 Å². The number of hydrogen-bond donors (Lipinski definition) is 0. The lowest BCUT2D eigenvalue weighted by molar-refractivity contribution is -0.107. The highest BCUT2D eigenvalue weighted by atomic mass is 35.5. The first-order valence-corrected chi connectivity index (χ1v) is 9.00. The van der Waals surface area contributed by atoms with E-state index in [0.717, 1.165) is 30.3 Å². The zero-order valence-electron chi connectivity index (χ0n) is 15.0. The summed E-state index contributed by atoms with van der Waals surface area (Å²) in [5.74, 6) is 0.656. The van der Waals surface area contributed by atoms with E-state index in [2.05, 4.69) is 17.1 Å². The van der Waals surface area contributed by atoms with Gasteiger partial charge in [-0.25, -0.2) is 4.98 Å². The number of carbonyl (C=O) groups excluding carboxylic acids is 1. The predicted octanol–water partition coefficient (Wildman–Crippen LogP) is 2.60. The molecule has 1 aromatic rings. The summed E-state index contributed by atoms with van der Waals surface area (Å²) in [5.41, 5.74) is 0.611. The van der Waals surface area contributed by atoms with E-state index in [1.807, 2.05) is 27.7 Å². The van der Waals surface area contributed by atoms with Crippen molar-refractivity contribution in [3.05, 3.63) is 28.9 Å². The van der Waals surface area contributed by atoms with Gasteiger partial charge in [0.15, 0.2) is 0 Å². The monoisotopic (exact) mass is 360 g/mol. The topological polar surface area (TPSA) is 51.7 Å². The highest BCUT2D eigenvalue weighted by Crippen LogP contribution is 2.49. The molecule has 0 bridgehead atoms. The van der Waals surface area contributed by atoms with Crippen LogP contribution in [0.1, 0.15) is 46.1 Å². The van der Waals surface area contributed by atoms with Gasteiger partial charge in [-0.15, -0.1) is 0 Å². The van der Waals surface area contributed by atoms with Crippen LogP contribution in [0.2, 0.25) is 5.02 Å². The van der Waals surface area contributed by atoms with E-state index in [4.69, 9.17) is 20.9 Å². The van der Waals surface area contributed by atoms with Crippen molar-refractivity contribution in [3.63, 3.8) is 0 Å². The zero-order chi connectivity index (χ0) is 18.0. The second-order valence-electron chi connectivity index (χ2n) is 8.21. The summed E-state index contributed by atoms with van der Waals surface area (Å²) in [5, 5.41) is 0.608. The Balaban J connectivity index is 1.80. The van der Waals surface area contributed by atoms with Crippen LogP contribution >= 0.6 is 11.6 Å². The number of pyridine rings is 1. The van der Waals surface area contributed by atoms with Crippen LogP contribution in [0.4, 0.5) is 5.82 Å². The molecule has 1 amide bonds. The van der Waals surface area contributed by atoms with Gasteiger partial charge in [0, 0.05) is 34.2 Å². The average molecular weight is 361 g/mol. The molecule has 0 N–H and O–H groups in total. The number of rotatable bonds is 2. The van der Waals surface area contributed by atoms with E-state index in [0.29, 0.717) is 17.4 Å². The molecule has 0 radical (unpaired) electrons. The van der Waals surface area contributed by atoms with E-state index >= 15 is 0 Å². The molecule has 5 nitrogen and oxygen atoms in total. The fourth-order valence-corrected chi connectivity index (χ4v) is 4.34. The molecule has 1 fully saturated rings. The number of hydrogen-bond acceptors (Lipinski definition) is 4. The number of carbonyl (C=O) groups is 1. The van der Waals surface area contributed by atoms with Gasteiger partial charge < -0.3 is 9.31 Å². The number of fused-ring (bicyclic) bond motifs is 2. The third kappa shape index (κ3) is 2.31. The molecular weight excluding hydrogens is 338 g/mol. The molecule has 2 aliphatic heterocycles. The third-order valence-electron chi connectivity index (χ3n) is 6.12. The number of nitrogens with zero attached hydrogens (tertiary/aromatic N) is 2. The van der Waals surface area contributed by atoms with Crippen molar-refractivity contribution in [1.82, 2.24) is 4.98 Å². The van der Waals surface area contributed by atoms with Crippen LogP contribution in [0.25, 0.3) is 0 Å². The molecule has 1 aliphatic carbocycles. The van der Waals surface area contributed by atoms with Crippen LogP contribution in [-0.4, -0.2) is 36.3 Å². The molecule has 7 heteroatoms. The first kappa shape index (κ1) is 17.1. The molecule has 3 heterocycles. The van der Waals surface area contributed by atoms with Crippen molar-refractivity contribution in [2.75, 3.05) is 11.4 Å². The van der Waals surface area contributed by atoms with Gasteiger partial charge in [0.25, 0.3) is 0 Å². The van der Waals surface area contributed by atoms with Crippen molar-refractivity contribution in [1.29, 1.82) is 0 Å². The van der Waals surface area contributed by atoms with Gasteiger partial charge in [-0.05, 0) is 40.5 Å². The number of anilines is 1. The number of halogens is 1. The van der Waals surface area contributed by atoms with Crippen LogP contribution in [0, 0.1) is 0 Å². The Labute approximate surface area is 153 Å². The minimum Gasteiger partial charge on any atom is -0.399 e. The largest absolute Gasteiger partial charge is 0.497 e. The second kappa shape index (κ2) is 5.32. The molecule has 1 spiro atoms. The summed E-state index contributed by atoms with van der Waals surface area (Å²) in [6, 6.07) is 0. The lowest BCUT2D eigenvalue weighted by Gasteiger charge is -2.32. The summed E-state index contributed by atoms with van der Waals surface area (Å²) in [6.45, 7) is 8.66. The second-order valence-corrected chi connectivity index (χ2v) is 8.59. The minimum atomic E-state index is -0.563. The summed E-state index contributed by atoms with van der Waals surface area (Å²) in [7, 11) is -0.563. The lowest BCUT2D eigenvalue weighted by Crippen LogP contribution is -2.41. The molecule has 4 rings (SSSR count). The summed E-state index contributed by atoms with van der Waals surface area (Å²) in [4.78, 5) is 17.7. The maximum Gasteiger partial charge on any atom is 0.497 e. The summed E-state index contributed by atoms with van der Waals surface area (Å²) < 4.78 is 12.3. The number of amides is 1. The Morgan fingerprint density at radius 3 is 2.36 bits per heavy atom. The minimum absolute atomic E-state index is 0.181. The van der Waals surface area contributed by atoms with Gasteiger partial charge in [0.1, 0.15) is 5.82 Å². The maximum atomic E-state index is 11.5. The van der Waals surface area contributed by atoms with Crippen molar-refractivity contribution in [3.8, 4) is 0 Å². The standard InChI is InChI=1S/C18H22BClN2O3/c1-16(2)17(3,4)25-19(24-16)12-9-21-15-13(14(12)20)18(7-5-6-8-18)10-22(15)11-23/h5-6,9,11H,7-8,10H2,1-4H3. The Morgan fingerprint density at radius 2 is 1.80 bits per heavy atom. The third-order valence-corrected chi connectivity index (χ3v) is 6.52. The van der Waals surface area contributed by atoms with Crippen molar-refractivity contribution in [2.24, 2.45) is 0 Å². The normalized spacial score (nSPS) is 25.0. The van der Waals surface area contributed by atoms with E-state index in [1.165, 1.54) is 0 Å². The van der Waals surface area contributed by atoms with Crippen molar-refractivity contribution in [2.45, 2.75) is 57.2 Å². The Hall–Kier alpha value is -1.37. The van der Waals surface area contributed by atoms with Crippen LogP contribution in [0.3, 0.4) is 0 Å². The summed E-state index contributed by atoms with van der Waals surface area (Å²) >= 11 is 6.84. The predicted molar refractivity (Wildman–Crippen MR) is 98.4 cm³/mol. The number of aromatic nitrogens is 1. The molecule has 0 saturated carbocycles. The van der Waals surface area contributed by atoms with E-state index < -0.39 is 18.3 Å². The first-order chi connectivity index (χ1) is 11.7. The molecule has 0 aromatic carbocycles. The average Bonchev–Trinajstić information content (AvgIpc) is 3.17. The van der Waals surface area contributed by atoms with Gasteiger partial charge >= 0.3 is 7.12 Å². The van der Waals surface area contributed by atoms with Crippen LogP contribution < -0.4 is 10.4 Å². The molecule has 25 heavy (non-hydrogen) atoms. The van der Waals surface area contributed by atoms with Gasteiger partial charge in [0.2, 0.25) is 6.41 Å². The SMILES string of the molecule is CC1(C)OB(c2cnc3c(c2Cl)C2(CC=CC2)CN3C=O)OC1(C)C. The van der Waals surface area contributed by atoms with Gasteiger partial charge in [-0.2, -0.15) is 0 Å². The molecule has 1 saturated heterocycles. The number of allylic oxidation sites excluding steroid dienone is 2. The Morgan fingerprint density at radius 1 is 1.20 bits per heavy atom. The molecule has 1 aromatic heterocycles. The van der Waals surface area contributed by atoms with Gasteiger partial charge in [-0.3, -0.25) is 9.69 Å². The maximum absolute atomic E-state index is 11.5. The molecule has 0 atom stereocenters. The fraction of sp³-hybridized carbons (Fsp3) is 0.556. The first-order valence-electron chi connectivity index (χ1n) is 8.62. The van der Waals surface area contributed by atoms with Crippen LogP contribution in [0.5, 0.6) is 0 Å². The quantitative estimate of drug-likeness (QED) is 0.462. The molecular formula is C18H22BClN2O3. The zero-order valence-corrected chi connectivity index (χ0v) is 15.8. The van der Waals surface area contributed by atoms with Crippen molar-refractivity contribution >= 4 is 36.4 Å². The van der Waals surface area contributed by atoms with Crippen LogP contribution in [-0.2, 0) is 19.5 Å². The lowest BCUT2D eigenvalue weighted by atomic mass is 9.74. The Kier molecular flexibility index (Phi) is 3.63. The molecule has 3 aliphatic rings. The Bertz CT molecular complexity index is 754. The van der Waals surface area contributed by atoms with E-state index in [1.54, 1.807) is 11.1 Å². The van der Waals surface area contributed by atoms with E-state index in [9.17, 15) is 4.79 Å². The van der Waals surface area contributed by atoms with Crippen molar-refractivity contribution < 1.29 is 14.1 Å². The highest BCUT2D eigenvalue weighted by molar-refractivity contribution is 6.65. The fourth-order valence-electron chi connectivity index (χ4n) is 3.92. The van der Waals surface area contributed by atoms with E-state index in [-0.39, 0.29) is 5.41 Å². The molecule has 132 valence electrons. The summed E-state index contributed by atoms with van der Waals surface area (Å²) in [6.07, 6.45) is 8.54.